The monoisotopic (exact) mass is 427 g/mol. The molecule has 0 saturated carbocycles. The minimum absolute atomic E-state index is 0.148. The van der Waals surface area contributed by atoms with Gasteiger partial charge >= 0.3 is 0 Å². The van der Waals surface area contributed by atoms with Gasteiger partial charge in [-0.1, -0.05) is 36.4 Å². The molecule has 1 saturated heterocycles. The zero-order valence-electron chi connectivity index (χ0n) is 16.9. The summed E-state index contributed by atoms with van der Waals surface area (Å²) in [7, 11) is 1.66. The third-order valence-electron chi connectivity index (χ3n) is 5.43. The molecule has 1 fully saturated rings. The van der Waals surface area contributed by atoms with Crippen molar-refractivity contribution in [2.75, 3.05) is 12.0 Å². The van der Waals surface area contributed by atoms with Crippen LogP contribution in [0.3, 0.4) is 0 Å². The SMILES string of the molecule is COc1ccc(N2C(=S)N[C@@H](c3ccccn3)[C@@H]2c2ccc(-c3ccccc3)o2)cc1. The number of aromatic nitrogens is 1. The molecule has 2 atom stereocenters. The van der Waals surface area contributed by atoms with E-state index < -0.39 is 0 Å². The van der Waals surface area contributed by atoms with E-state index in [-0.39, 0.29) is 12.1 Å². The lowest BCUT2D eigenvalue weighted by atomic mass is 10.0. The molecule has 3 heterocycles. The second kappa shape index (κ2) is 8.24. The number of benzene rings is 2. The van der Waals surface area contributed by atoms with Crippen LogP contribution in [0.1, 0.15) is 23.5 Å². The third kappa shape index (κ3) is 3.66. The molecule has 2 aromatic heterocycles. The number of ether oxygens (including phenoxy) is 1. The topological polar surface area (TPSA) is 50.5 Å². The summed E-state index contributed by atoms with van der Waals surface area (Å²) in [5.74, 6) is 2.43. The standard InChI is InChI=1S/C25H21N3O2S/c1-29-19-12-10-18(11-13-19)28-24(23(27-25(28)31)20-9-5-6-16-26-20)22-15-14-21(30-22)17-7-3-2-4-8-17/h2-16,23-24H,1H3,(H,27,31)/t23-,24-/m0/s1. The van der Waals surface area contributed by atoms with Gasteiger partial charge in [0.15, 0.2) is 5.11 Å². The van der Waals surface area contributed by atoms with Crippen molar-refractivity contribution in [1.29, 1.82) is 0 Å². The molecule has 154 valence electrons. The minimum atomic E-state index is -0.187. The molecule has 0 radical (unpaired) electrons. The Morgan fingerprint density at radius 2 is 1.71 bits per heavy atom. The zero-order valence-corrected chi connectivity index (χ0v) is 17.8. The van der Waals surface area contributed by atoms with Crippen LogP contribution in [-0.2, 0) is 0 Å². The van der Waals surface area contributed by atoms with E-state index in [0.717, 1.165) is 34.2 Å². The Hall–Kier alpha value is -3.64. The second-order valence-corrected chi connectivity index (χ2v) is 7.65. The highest BCUT2D eigenvalue weighted by Gasteiger charge is 2.42. The van der Waals surface area contributed by atoms with Crippen molar-refractivity contribution < 1.29 is 9.15 Å². The smallest absolute Gasteiger partial charge is 0.174 e. The highest BCUT2D eigenvalue weighted by Crippen LogP contribution is 2.43. The van der Waals surface area contributed by atoms with Crippen molar-refractivity contribution in [1.82, 2.24) is 10.3 Å². The molecular weight excluding hydrogens is 406 g/mol. The van der Waals surface area contributed by atoms with Crippen LogP contribution >= 0.6 is 12.2 Å². The summed E-state index contributed by atoms with van der Waals surface area (Å²) in [5.41, 5.74) is 2.90. The predicted molar refractivity (Wildman–Crippen MR) is 125 cm³/mol. The van der Waals surface area contributed by atoms with Crippen LogP contribution in [0.5, 0.6) is 5.75 Å². The number of thiocarbonyl (C=S) groups is 1. The lowest BCUT2D eigenvalue weighted by Crippen LogP contribution is -2.29. The molecule has 5 rings (SSSR count). The number of anilines is 1. The first-order valence-electron chi connectivity index (χ1n) is 10.0. The summed E-state index contributed by atoms with van der Waals surface area (Å²) in [6, 6.07) is 27.5. The van der Waals surface area contributed by atoms with E-state index in [9.17, 15) is 0 Å². The van der Waals surface area contributed by atoms with Gasteiger partial charge in [-0.25, -0.2) is 0 Å². The van der Waals surface area contributed by atoms with Gasteiger partial charge in [-0.05, 0) is 60.7 Å². The number of rotatable bonds is 5. The fourth-order valence-corrected chi connectivity index (χ4v) is 4.28. The Labute approximate surface area is 186 Å². The van der Waals surface area contributed by atoms with Crippen molar-refractivity contribution >= 4 is 23.0 Å². The highest BCUT2D eigenvalue weighted by atomic mass is 32.1. The average Bonchev–Trinajstić information content (AvgIpc) is 3.45. The van der Waals surface area contributed by atoms with E-state index in [2.05, 4.69) is 15.2 Å². The van der Waals surface area contributed by atoms with Crippen molar-refractivity contribution in [3.8, 4) is 17.1 Å². The van der Waals surface area contributed by atoms with Crippen molar-refractivity contribution in [2.45, 2.75) is 12.1 Å². The van der Waals surface area contributed by atoms with Gasteiger partial charge in [0.1, 0.15) is 23.3 Å². The molecular formula is C25H21N3O2S. The molecule has 6 heteroatoms. The van der Waals surface area contributed by atoms with Crippen LogP contribution in [0.4, 0.5) is 5.69 Å². The summed E-state index contributed by atoms with van der Waals surface area (Å²) in [6.07, 6.45) is 1.80. The van der Waals surface area contributed by atoms with E-state index >= 15 is 0 Å². The normalized spacial score (nSPS) is 18.1. The van der Waals surface area contributed by atoms with E-state index in [1.54, 1.807) is 13.3 Å². The zero-order chi connectivity index (χ0) is 21.2. The fourth-order valence-electron chi connectivity index (χ4n) is 3.93. The minimum Gasteiger partial charge on any atom is -0.497 e. The molecule has 0 spiro atoms. The molecule has 31 heavy (non-hydrogen) atoms. The van der Waals surface area contributed by atoms with E-state index in [0.29, 0.717) is 5.11 Å². The summed E-state index contributed by atoms with van der Waals surface area (Å²) in [4.78, 5) is 6.67. The number of furan rings is 1. The number of nitrogens with zero attached hydrogens (tertiary/aromatic N) is 2. The molecule has 4 aromatic rings. The molecule has 0 amide bonds. The lowest BCUT2D eigenvalue weighted by Gasteiger charge is -2.26. The summed E-state index contributed by atoms with van der Waals surface area (Å²) < 4.78 is 11.7. The largest absolute Gasteiger partial charge is 0.497 e. The van der Waals surface area contributed by atoms with Crippen molar-refractivity contribution in [3.05, 3.63) is 103 Å². The number of pyridine rings is 1. The Kier molecular flexibility index (Phi) is 5.14. The van der Waals surface area contributed by atoms with E-state index in [1.807, 2.05) is 84.9 Å². The van der Waals surface area contributed by atoms with Gasteiger partial charge in [0.05, 0.1) is 18.8 Å². The van der Waals surface area contributed by atoms with Crippen LogP contribution in [-0.4, -0.2) is 17.2 Å². The molecule has 1 N–H and O–H groups in total. The molecule has 0 bridgehead atoms. The van der Waals surface area contributed by atoms with E-state index in [1.165, 1.54) is 0 Å². The third-order valence-corrected chi connectivity index (χ3v) is 5.74. The van der Waals surface area contributed by atoms with Crippen LogP contribution in [0.2, 0.25) is 0 Å². The Morgan fingerprint density at radius 1 is 0.935 bits per heavy atom. The summed E-state index contributed by atoms with van der Waals surface area (Å²) >= 11 is 5.75. The molecule has 2 aromatic carbocycles. The summed E-state index contributed by atoms with van der Waals surface area (Å²) in [5, 5.41) is 4.08. The van der Waals surface area contributed by atoms with Gasteiger partial charge < -0.3 is 19.4 Å². The van der Waals surface area contributed by atoms with Crippen LogP contribution in [0.15, 0.2) is 95.5 Å². The Bertz CT molecular complexity index is 1180. The van der Waals surface area contributed by atoms with Crippen molar-refractivity contribution in [2.24, 2.45) is 0 Å². The quantitative estimate of drug-likeness (QED) is 0.423. The number of hydrogen-bond donors (Lipinski definition) is 1. The lowest BCUT2D eigenvalue weighted by molar-refractivity contribution is 0.414. The molecule has 5 nitrogen and oxygen atoms in total. The number of methoxy groups -OCH3 is 1. The predicted octanol–water partition coefficient (Wildman–Crippen LogP) is 5.53. The first-order valence-corrected chi connectivity index (χ1v) is 10.5. The molecule has 1 aliphatic rings. The molecule has 0 unspecified atom stereocenters. The Balaban J connectivity index is 1.58. The highest BCUT2D eigenvalue weighted by molar-refractivity contribution is 7.80. The van der Waals surface area contributed by atoms with Gasteiger partial charge in [-0.15, -0.1) is 0 Å². The maximum atomic E-state index is 6.36. The Morgan fingerprint density at radius 3 is 2.42 bits per heavy atom. The van der Waals surface area contributed by atoms with Gasteiger partial charge in [0.25, 0.3) is 0 Å². The fraction of sp³-hybridized carbons (Fsp3) is 0.120. The second-order valence-electron chi connectivity index (χ2n) is 7.26. The first kappa shape index (κ1) is 19.3. The average molecular weight is 428 g/mol. The van der Waals surface area contributed by atoms with E-state index in [4.69, 9.17) is 21.4 Å². The van der Waals surface area contributed by atoms with Gasteiger partial charge in [-0.3, -0.25) is 4.98 Å². The number of nitrogens with one attached hydrogen (secondary N) is 1. The van der Waals surface area contributed by atoms with Crippen LogP contribution in [0.25, 0.3) is 11.3 Å². The summed E-state index contributed by atoms with van der Waals surface area (Å²) in [6.45, 7) is 0. The molecule has 1 aliphatic heterocycles. The molecule has 0 aliphatic carbocycles. The maximum absolute atomic E-state index is 6.36. The van der Waals surface area contributed by atoms with Crippen LogP contribution in [0, 0.1) is 0 Å². The van der Waals surface area contributed by atoms with Gasteiger partial charge in [0.2, 0.25) is 0 Å². The van der Waals surface area contributed by atoms with Crippen LogP contribution < -0.4 is 15.0 Å². The first-order chi connectivity index (χ1) is 15.2. The van der Waals surface area contributed by atoms with Crippen molar-refractivity contribution in [3.63, 3.8) is 0 Å². The maximum Gasteiger partial charge on any atom is 0.174 e. The van der Waals surface area contributed by atoms with Gasteiger partial charge in [-0.2, -0.15) is 0 Å². The van der Waals surface area contributed by atoms with Gasteiger partial charge in [0, 0.05) is 17.4 Å². The number of hydrogen-bond acceptors (Lipinski definition) is 4.